The van der Waals surface area contributed by atoms with Gasteiger partial charge in [0.05, 0.1) is 0 Å². The van der Waals surface area contributed by atoms with E-state index < -0.39 is 0 Å². The maximum atomic E-state index is 3.55. The molecule has 120 valence electrons. The molecule has 0 aliphatic carbocycles. The van der Waals surface area contributed by atoms with Crippen LogP contribution in [0.3, 0.4) is 0 Å². The largest absolute Gasteiger partial charge is 0.372 e. The number of rotatable bonds is 10. The Morgan fingerprint density at radius 2 is 1.62 bits per heavy atom. The van der Waals surface area contributed by atoms with Crippen LogP contribution in [-0.4, -0.2) is 19.6 Å². The minimum atomic E-state index is 0.438. The van der Waals surface area contributed by atoms with Crippen molar-refractivity contribution in [2.24, 2.45) is 5.92 Å². The normalized spacial score (nSPS) is 12.7. The number of anilines is 1. The zero-order valence-electron chi connectivity index (χ0n) is 14.7. The van der Waals surface area contributed by atoms with Gasteiger partial charge in [0.25, 0.3) is 0 Å². The zero-order valence-corrected chi connectivity index (χ0v) is 14.7. The van der Waals surface area contributed by atoms with Crippen molar-refractivity contribution in [1.29, 1.82) is 0 Å². The van der Waals surface area contributed by atoms with Gasteiger partial charge in [0.15, 0.2) is 0 Å². The predicted molar refractivity (Wildman–Crippen MR) is 95.1 cm³/mol. The molecule has 0 aliphatic rings. The van der Waals surface area contributed by atoms with Crippen LogP contribution in [0.4, 0.5) is 5.69 Å². The van der Waals surface area contributed by atoms with E-state index in [0.717, 1.165) is 19.0 Å². The van der Waals surface area contributed by atoms with Crippen molar-refractivity contribution in [3.05, 3.63) is 29.8 Å². The molecule has 1 aromatic carbocycles. The monoisotopic (exact) mass is 290 g/mol. The molecule has 0 fully saturated rings. The van der Waals surface area contributed by atoms with Crippen LogP contribution in [0.2, 0.25) is 0 Å². The summed E-state index contributed by atoms with van der Waals surface area (Å²) in [5, 5.41) is 3.55. The first-order valence-corrected chi connectivity index (χ1v) is 8.74. The number of hydrogen-bond acceptors (Lipinski definition) is 2. The van der Waals surface area contributed by atoms with Gasteiger partial charge in [-0.25, -0.2) is 0 Å². The second-order valence-electron chi connectivity index (χ2n) is 5.99. The molecule has 1 aromatic rings. The number of nitrogens with one attached hydrogen (secondary N) is 1. The molecule has 21 heavy (non-hydrogen) atoms. The van der Waals surface area contributed by atoms with E-state index in [1.165, 1.54) is 37.1 Å². The van der Waals surface area contributed by atoms with E-state index in [9.17, 15) is 0 Å². The minimum absolute atomic E-state index is 0.438. The van der Waals surface area contributed by atoms with Gasteiger partial charge < -0.3 is 10.2 Å². The van der Waals surface area contributed by atoms with Crippen molar-refractivity contribution in [3.63, 3.8) is 0 Å². The van der Waals surface area contributed by atoms with Crippen molar-refractivity contribution >= 4 is 5.69 Å². The van der Waals surface area contributed by atoms with Gasteiger partial charge in [-0.1, -0.05) is 45.7 Å². The molecule has 0 saturated carbocycles. The lowest BCUT2D eigenvalue weighted by Crippen LogP contribution is -2.29. The van der Waals surface area contributed by atoms with Crippen LogP contribution in [0, 0.1) is 5.92 Å². The Morgan fingerprint density at radius 1 is 1.00 bits per heavy atom. The van der Waals surface area contributed by atoms with Gasteiger partial charge >= 0.3 is 0 Å². The SMILES string of the molecule is CCCNC(C)c1ccc(N(CC)CC(CC)CC)cc1. The van der Waals surface area contributed by atoms with E-state index in [1.54, 1.807) is 0 Å². The van der Waals surface area contributed by atoms with Crippen LogP contribution in [-0.2, 0) is 0 Å². The maximum Gasteiger partial charge on any atom is 0.0366 e. The molecular weight excluding hydrogens is 256 g/mol. The van der Waals surface area contributed by atoms with Crippen molar-refractivity contribution in [2.45, 2.75) is 59.9 Å². The molecule has 2 nitrogen and oxygen atoms in total. The van der Waals surface area contributed by atoms with Gasteiger partial charge in [0.1, 0.15) is 0 Å². The molecule has 0 saturated heterocycles. The number of hydrogen-bond donors (Lipinski definition) is 1. The number of nitrogens with zero attached hydrogens (tertiary/aromatic N) is 1. The van der Waals surface area contributed by atoms with Crippen LogP contribution in [0.15, 0.2) is 24.3 Å². The average molecular weight is 290 g/mol. The predicted octanol–water partition coefficient (Wildman–Crippen LogP) is 5.01. The molecule has 0 aromatic heterocycles. The van der Waals surface area contributed by atoms with E-state index in [1.807, 2.05) is 0 Å². The summed E-state index contributed by atoms with van der Waals surface area (Å²) < 4.78 is 0. The molecule has 1 N–H and O–H groups in total. The Balaban J connectivity index is 2.70. The topological polar surface area (TPSA) is 15.3 Å². The van der Waals surface area contributed by atoms with Gasteiger partial charge in [-0.15, -0.1) is 0 Å². The zero-order chi connectivity index (χ0) is 15.7. The second kappa shape index (κ2) is 9.83. The molecule has 1 rings (SSSR count). The van der Waals surface area contributed by atoms with Crippen molar-refractivity contribution in [3.8, 4) is 0 Å². The Bertz CT molecular complexity index is 368. The molecule has 2 heteroatoms. The average Bonchev–Trinajstić information content (AvgIpc) is 2.54. The first-order chi connectivity index (χ1) is 10.2. The molecule has 0 bridgehead atoms. The highest BCUT2D eigenvalue weighted by Crippen LogP contribution is 2.21. The molecule has 1 atom stereocenters. The van der Waals surface area contributed by atoms with E-state index in [0.29, 0.717) is 6.04 Å². The molecule has 1 unspecified atom stereocenters. The lowest BCUT2D eigenvalue weighted by Gasteiger charge is -2.28. The Morgan fingerprint density at radius 3 is 2.10 bits per heavy atom. The molecule has 0 amide bonds. The highest BCUT2D eigenvalue weighted by Gasteiger charge is 2.11. The fourth-order valence-electron chi connectivity index (χ4n) is 2.73. The lowest BCUT2D eigenvalue weighted by molar-refractivity contribution is 0.486. The van der Waals surface area contributed by atoms with Crippen LogP contribution >= 0.6 is 0 Å². The van der Waals surface area contributed by atoms with Crippen LogP contribution in [0.25, 0.3) is 0 Å². The first-order valence-electron chi connectivity index (χ1n) is 8.74. The van der Waals surface area contributed by atoms with Crippen molar-refractivity contribution in [2.75, 3.05) is 24.5 Å². The van der Waals surface area contributed by atoms with Gasteiger partial charge in [-0.3, -0.25) is 0 Å². The maximum absolute atomic E-state index is 3.55. The van der Waals surface area contributed by atoms with Crippen molar-refractivity contribution in [1.82, 2.24) is 5.32 Å². The Kier molecular flexibility index (Phi) is 8.44. The standard InChI is InChI=1S/C19H34N2/c1-6-14-20-16(5)18-10-12-19(13-11-18)21(9-4)15-17(7-2)8-3/h10-13,16-17,20H,6-9,14-15H2,1-5H3. The molecule has 0 radical (unpaired) electrons. The second-order valence-corrected chi connectivity index (χ2v) is 5.99. The highest BCUT2D eigenvalue weighted by atomic mass is 15.1. The summed E-state index contributed by atoms with van der Waals surface area (Å²) in [6.07, 6.45) is 3.72. The van der Waals surface area contributed by atoms with Gasteiger partial charge in [0, 0.05) is 24.8 Å². The van der Waals surface area contributed by atoms with E-state index in [2.05, 4.69) is 69.1 Å². The van der Waals surface area contributed by atoms with E-state index in [4.69, 9.17) is 0 Å². The third kappa shape index (κ3) is 5.70. The summed E-state index contributed by atoms with van der Waals surface area (Å²) in [7, 11) is 0. The summed E-state index contributed by atoms with van der Waals surface area (Å²) in [5.74, 6) is 0.801. The Hall–Kier alpha value is -1.02. The summed E-state index contributed by atoms with van der Waals surface area (Å²) in [6.45, 7) is 14.6. The Labute approximate surface area is 131 Å². The fraction of sp³-hybridized carbons (Fsp3) is 0.684. The quantitative estimate of drug-likeness (QED) is 0.651. The van der Waals surface area contributed by atoms with E-state index in [-0.39, 0.29) is 0 Å². The van der Waals surface area contributed by atoms with Crippen LogP contribution < -0.4 is 10.2 Å². The minimum Gasteiger partial charge on any atom is -0.372 e. The summed E-state index contributed by atoms with van der Waals surface area (Å²) in [6, 6.07) is 9.56. The lowest BCUT2D eigenvalue weighted by atomic mass is 10.0. The van der Waals surface area contributed by atoms with Crippen LogP contribution in [0.5, 0.6) is 0 Å². The van der Waals surface area contributed by atoms with Crippen LogP contribution in [0.1, 0.15) is 65.5 Å². The molecule has 0 aliphatic heterocycles. The molecule has 0 spiro atoms. The summed E-state index contributed by atoms with van der Waals surface area (Å²) in [5.41, 5.74) is 2.74. The first kappa shape index (κ1) is 18.0. The summed E-state index contributed by atoms with van der Waals surface area (Å²) >= 11 is 0. The third-order valence-electron chi connectivity index (χ3n) is 4.47. The van der Waals surface area contributed by atoms with Gasteiger partial charge in [0.2, 0.25) is 0 Å². The highest BCUT2D eigenvalue weighted by molar-refractivity contribution is 5.48. The fourth-order valence-corrected chi connectivity index (χ4v) is 2.73. The smallest absolute Gasteiger partial charge is 0.0366 e. The van der Waals surface area contributed by atoms with Gasteiger partial charge in [-0.05, 0) is 50.4 Å². The number of benzene rings is 1. The molecule has 0 heterocycles. The third-order valence-corrected chi connectivity index (χ3v) is 4.47. The van der Waals surface area contributed by atoms with E-state index >= 15 is 0 Å². The van der Waals surface area contributed by atoms with Gasteiger partial charge in [-0.2, -0.15) is 0 Å². The molecular formula is C19H34N2. The summed E-state index contributed by atoms with van der Waals surface area (Å²) in [4.78, 5) is 2.51. The van der Waals surface area contributed by atoms with Crippen molar-refractivity contribution < 1.29 is 0 Å².